The number of amidine groups is 1. The molecule has 0 amide bonds. The molecule has 0 aromatic heterocycles. The van der Waals surface area contributed by atoms with Gasteiger partial charge in [-0.15, -0.1) is 0 Å². The summed E-state index contributed by atoms with van der Waals surface area (Å²) in [6, 6.07) is 4.41. The zero-order valence-corrected chi connectivity index (χ0v) is 12.1. The largest absolute Gasteiger partial charge is 0.353 e. The minimum absolute atomic E-state index is 0.644. The van der Waals surface area contributed by atoms with Gasteiger partial charge in [-0.25, -0.2) is 4.99 Å². The first-order valence-electron chi connectivity index (χ1n) is 6.01. The van der Waals surface area contributed by atoms with Crippen LogP contribution in [0.3, 0.4) is 0 Å². The fraction of sp³-hybridized carbons (Fsp3) is 0.500. The summed E-state index contributed by atoms with van der Waals surface area (Å²) >= 11 is 1.86. The van der Waals surface area contributed by atoms with E-state index < -0.39 is 0 Å². The third kappa shape index (κ3) is 2.65. The first kappa shape index (κ1) is 12.5. The van der Waals surface area contributed by atoms with Crippen LogP contribution in [0.25, 0.3) is 0 Å². The molecule has 1 aliphatic heterocycles. The van der Waals surface area contributed by atoms with Crippen molar-refractivity contribution in [2.75, 3.05) is 13.6 Å². The zero-order chi connectivity index (χ0) is 12.6. The van der Waals surface area contributed by atoms with Crippen LogP contribution < -0.4 is 0 Å². The Morgan fingerprint density at radius 3 is 2.41 bits per heavy atom. The molecule has 0 N–H and O–H groups in total. The van der Waals surface area contributed by atoms with Gasteiger partial charge in [0.15, 0.2) is 5.17 Å². The van der Waals surface area contributed by atoms with Gasteiger partial charge >= 0.3 is 0 Å². The molecule has 1 fully saturated rings. The topological polar surface area (TPSA) is 15.6 Å². The highest BCUT2D eigenvalue weighted by atomic mass is 32.2. The van der Waals surface area contributed by atoms with Crippen LogP contribution in [0.5, 0.6) is 0 Å². The molecule has 1 aliphatic rings. The Labute approximate surface area is 108 Å². The second-order valence-electron chi connectivity index (χ2n) is 4.93. The van der Waals surface area contributed by atoms with Crippen LogP contribution in [-0.2, 0) is 0 Å². The molecular weight excluding hydrogens is 228 g/mol. The minimum atomic E-state index is 0.644. The van der Waals surface area contributed by atoms with E-state index in [0.29, 0.717) is 5.25 Å². The van der Waals surface area contributed by atoms with E-state index in [1.807, 2.05) is 11.8 Å². The summed E-state index contributed by atoms with van der Waals surface area (Å²) < 4.78 is 0. The number of hydrogen-bond donors (Lipinski definition) is 0. The molecule has 1 aromatic rings. The molecule has 1 heterocycles. The van der Waals surface area contributed by atoms with Gasteiger partial charge in [0.1, 0.15) is 0 Å². The van der Waals surface area contributed by atoms with Crippen molar-refractivity contribution in [3.8, 4) is 0 Å². The van der Waals surface area contributed by atoms with Crippen molar-refractivity contribution in [2.45, 2.75) is 32.9 Å². The Morgan fingerprint density at radius 1 is 1.18 bits per heavy atom. The Hall–Kier alpha value is -0.960. The number of nitrogens with zero attached hydrogens (tertiary/aromatic N) is 2. The predicted octanol–water partition coefficient (Wildman–Crippen LogP) is 3.67. The van der Waals surface area contributed by atoms with Gasteiger partial charge in [-0.05, 0) is 43.5 Å². The molecule has 0 radical (unpaired) electrons. The van der Waals surface area contributed by atoms with Crippen LogP contribution in [0.1, 0.15) is 23.6 Å². The average Bonchev–Trinajstić information content (AvgIpc) is 2.54. The molecule has 0 bridgehead atoms. The van der Waals surface area contributed by atoms with Crippen molar-refractivity contribution in [2.24, 2.45) is 4.99 Å². The molecule has 0 aliphatic carbocycles. The van der Waals surface area contributed by atoms with Gasteiger partial charge in [0.05, 0.1) is 5.69 Å². The van der Waals surface area contributed by atoms with E-state index in [1.165, 1.54) is 16.7 Å². The third-order valence-corrected chi connectivity index (χ3v) is 4.36. The molecule has 1 unspecified atom stereocenters. The first-order valence-corrected chi connectivity index (χ1v) is 6.89. The lowest BCUT2D eigenvalue weighted by molar-refractivity contribution is 0.533. The number of rotatable bonds is 1. The maximum Gasteiger partial charge on any atom is 0.164 e. The fourth-order valence-corrected chi connectivity index (χ4v) is 3.11. The lowest BCUT2D eigenvalue weighted by Crippen LogP contribution is -2.19. The Balaban J connectivity index is 2.36. The molecule has 0 saturated carbocycles. The van der Waals surface area contributed by atoms with Gasteiger partial charge in [0, 0.05) is 18.8 Å². The van der Waals surface area contributed by atoms with Gasteiger partial charge in [0.25, 0.3) is 0 Å². The van der Waals surface area contributed by atoms with Crippen LogP contribution in [-0.4, -0.2) is 28.9 Å². The predicted molar refractivity (Wildman–Crippen MR) is 77.4 cm³/mol. The van der Waals surface area contributed by atoms with Crippen molar-refractivity contribution >= 4 is 22.6 Å². The SMILES string of the molecule is Cc1cc(C)c(N=C2SC(C)CN2C)cc1C. The summed E-state index contributed by atoms with van der Waals surface area (Å²) in [4.78, 5) is 7.04. The minimum Gasteiger partial charge on any atom is -0.353 e. The Kier molecular flexibility index (Phi) is 3.48. The first-order chi connectivity index (χ1) is 7.97. The van der Waals surface area contributed by atoms with E-state index in [1.54, 1.807) is 0 Å². The van der Waals surface area contributed by atoms with Gasteiger partial charge in [-0.3, -0.25) is 0 Å². The third-order valence-electron chi connectivity index (χ3n) is 3.19. The van der Waals surface area contributed by atoms with Crippen molar-refractivity contribution in [3.63, 3.8) is 0 Å². The molecule has 92 valence electrons. The van der Waals surface area contributed by atoms with E-state index in [-0.39, 0.29) is 0 Å². The second-order valence-corrected chi connectivity index (χ2v) is 6.33. The van der Waals surface area contributed by atoms with Gasteiger partial charge < -0.3 is 4.90 Å². The zero-order valence-electron chi connectivity index (χ0n) is 11.2. The quantitative estimate of drug-likeness (QED) is 0.753. The lowest BCUT2D eigenvalue weighted by atomic mass is 10.1. The van der Waals surface area contributed by atoms with Gasteiger partial charge in [0.2, 0.25) is 0 Å². The number of thioether (sulfide) groups is 1. The van der Waals surface area contributed by atoms with Crippen molar-refractivity contribution in [3.05, 3.63) is 28.8 Å². The standard InChI is InChI=1S/C14H20N2S/c1-9-6-11(3)13(7-10(9)2)15-14-16(5)8-12(4)17-14/h6-7,12H,8H2,1-5H3. The van der Waals surface area contributed by atoms with E-state index in [4.69, 9.17) is 4.99 Å². The van der Waals surface area contributed by atoms with Crippen LogP contribution in [0.2, 0.25) is 0 Å². The molecule has 1 saturated heterocycles. The van der Waals surface area contributed by atoms with Gasteiger partial charge in [-0.1, -0.05) is 24.8 Å². The summed E-state index contributed by atoms with van der Waals surface area (Å²) in [6.45, 7) is 9.77. The van der Waals surface area contributed by atoms with Crippen molar-refractivity contribution in [1.29, 1.82) is 0 Å². The average molecular weight is 248 g/mol. The van der Waals surface area contributed by atoms with Crippen LogP contribution >= 0.6 is 11.8 Å². The Morgan fingerprint density at radius 2 is 1.82 bits per heavy atom. The highest BCUT2D eigenvalue weighted by Gasteiger charge is 2.22. The molecular formula is C14H20N2S. The smallest absolute Gasteiger partial charge is 0.164 e. The van der Waals surface area contributed by atoms with Crippen LogP contribution in [0.15, 0.2) is 17.1 Å². The molecule has 17 heavy (non-hydrogen) atoms. The monoisotopic (exact) mass is 248 g/mol. The molecule has 2 rings (SSSR count). The van der Waals surface area contributed by atoms with Crippen molar-refractivity contribution in [1.82, 2.24) is 4.90 Å². The summed E-state index contributed by atoms with van der Waals surface area (Å²) in [7, 11) is 2.12. The molecule has 0 spiro atoms. The number of aryl methyl sites for hydroxylation is 3. The fourth-order valence-electron chi connectivity index (χ4n) is 2.05. The number of aliphatic imine (C=N–C) groups is 1. The maximum atomic E-state index is 4.80. The van der Waals surface area contributed by atoms with E-state index >= 15 is 0 Å². The molecule has 3 heteroatoms. The molecule has 1 atom stereocenters. The number of benzene rings is 1. The van der Waals surface area contributed by atoms with Crippen LogP contribution in [0.4, 0.5) is 5.69 Å². The molecule has 1 aromatic carbocycles. The highest BCUT2D eigenvalue weighted by molar-refractivity contribution is 8.14. The van der Waals surface area contributed by atoms with Crippen LogP contribution in [0, 0.1) is 20.8 Å². The summed E-state index contributed by atoms with van der Waals surface area (Å²) in [5.74, 6) is 0. The van der Waals surface area contributed by atoms with E-state index in [9.17, 15) is 0 Å². The van der Waals surface area contributed by atoms with E-state index in [2.05, 4.69) is 51.8 Å². The van der Waals surface area contributed by atoms with Gasteiger partial charge in [-0.2, -0.15) is 0 Å². The maximum absolute atomic E-state index is 4.80. The lowest BCUT2D eigenvalue weighted by Gasteiger charge is -2.11. The highest BCUT2D eigenvalue weighted by Crippen LogP contribution is 2.29. The second kappa shape index (κ2) is 4.73. The summed E-state index contributed by atoms with van der Waals surface area (Å²) in [6.07, 6.45) is 0. The Bertz CT molecular complexity index is 466. The summed E-state index contributed by atoms with van der Waals surface area (Å²) in [5, 5.41) is 1.79. The number of hydrogen-bond acceptors (Lipinski definition) is 2. The van der Waals surface area contributed by atoms with E-state index in [0.717, 1.165) is 17.4 Å². The normalized spacial score (nSPS) is 22.5. The van der Waals surface area contributed by atoms with Crippen molar-refractivity contribution < 1.29 is 0 Å². The molecule has 2 nitrogen and oxygen atoms in total. The summed E-state index contributed by atoms with van der Waals surface area (Å²) in [5.41, 5.74) is 5.02.